The Hall–Kier alpha value is -2.45. The Bertz CT molecular complexity index is 2300. The van der Waals surface area contributed by atoms with Crippen molar-refractivity contribution < 1.29 is 18.4 Å². The number of nitrogens with zero attached hydrogens (tertiary/aromatic N) is 3. The van der Waals surface area contributed by atoms with Crippen molar-refractivity contribution in [3.05, 3.63) is 77.8 Å². The summed E-state index contributed by atoms with van der Waals surface area (Å²) in [6, 6.07) is 12.7. The average molecular weight is 1270 g/mol. The van der Waals surface area contributed by atoms with E-state index in [0.29, 0.717) is 59.0 Å². The number of carbonyl (C=O) groups is 2. The van der Waals surface area contributed by atoms with Crippen LogP contribution in [0.3, 0.4) is 0 Å². The molecule has 0 aromatic carbocycles. The van der Waals surface area contributed by atoms with E-state index in [0.717, 1.165) is 106 Å². The molecule has 6 rings (SSSR count). The Labute approximate surface area is 510 Å². The molecular weight excluding hydrogens is 1170 g/mol. The zero-order valence-corrected chi connectivity index (χ0v) is 55.3. The van der Waals surface area contributed by atoms with Gasteiger partial charge < -0.3 is 18.6 Å². The summed E-state index contributed by atoms with van der Waals surface area (Å²) in [5.41, 5.74) is 4.89. The number of thiol groups is 1. The minimum atomic E-state index is -0.0925. The van der Waals surface area contributed by atoms with Crippen molar-refractivity contribution in [3.63, 3.8) is 0 Å². The number of fused-ring (bicyclic) bond motifs is 1. The first-order chi connectivity index (χ1) is 38.6. The van der Waals surface area contributed by atoms with E-state index in [1.54, 1.807) is 22.7 Å². The van der Waals surface area contributed by atoms with Gasteiger partial charge in [-0.1, -0.05) is 208 Å². The number of furan rings is 2. The van der Waals surface area contributed by atoms with Crippen LogP contribution in [0.25, 0.3) is 32.7 Å². The number of hydrogen-bond acceptors (Lipinski definition) is 8. The van der Waals surface area contributed by atoms with Crippen molar-refractivity contribution in [2.24, 2.45) is 16.1 Å². The Morgan fingerprint density at radius 2 is 0.747 bits per heavy atom. The van der Waals surface area contributed by atoms with Gasteiger partial charge in [0.15, 0.2) is 11.5 Å². The second-order valence-corrected chi connectivity index (χ2v) is 27.7. The van der Waals surface area contributed by atoms with Crippen LogP contribution in [0, 0.1) is 11.8 Å². The van der Waals surface area contributed by atoms with Crippen LogP contribution < -0.4 is 0 Å². The Kier molecular flexibility index (Phi) is 32.8. The molecule has 0 saturated carbocycles. The number of rotatable bonds is 42. The molecular formula is C66H99BBr2N3O4S3. The summed E-state index contributed by atoms with van der Waals surface area (Å²) in [5.74, 6) is 3.18. The van der Waals surface area contributed by atoms with E-state index in [-0.39, 0.29) is 11.8 Å². The van der Waals surface area contributed by atoms with E-state index >= 15 is 9.59 Å². The van der Waals surface area contributed by atoms with Crippen molar-refractivity contribution in [2.75, 3.05) is 13.1 Å². The number of unbranched alkanes of at least 4 members (excludes halogenated alkanes) is 22. The SMILES string of the molecule is CCCCCCCCC(CCCCCC)CN1C(=O)C2=C(c3ccc(-c4cc(CCCCCC)c(Br)s4)o3)N(CC(CCCCCC)CCCCCCCC)C(=O)C2=C1c1ccc(-c2cc(CCCCCC)c(Br)s2)o1.[B]=NS. The van der Waals surface area contributed by atoms with Crippen molar-refractivity contribution in [2.45, 2.75) is 260 Å². The first-order valence-corrected chi connectivity index (χ1v) is 35.1. The van der Waals surface area contributed by atoms with E-state index in [1.165, 1.54) is 152 Å². The molecule has 0 bridgehead atoms. The molecule has 437 valence electrons. The summed E-state index contributed by atoms with van der Waals surface area (Å²) < 4.78 is 19.0. The first kappa shape index (κ1) is 67.3. The summed E-state index contributed by atoms with van der Waals surface area (Å²) in [7, 11) is 4.34. The van der Waals surface area contributed by atoms with Crippen LogP contribution in [0.15, 0.2) is 68.3 Å². The third-order valence-corrected chi connectivity index (χ3v) is 20.2. The van der Waals surface area contributed by atoms with Gasteiger partial charge >= 0.3 is 24.8 Å². The molecule has 0 fully saturated rings. The fourth-order valence-corrected chi connectivity index (χ4v) is 15.1. The quantitative estimate of drug-likeness (QED) is 0.0272. The molecule has 2 amide bonds. The summed E-state index contributed by atoms with van der Waals surface area (Å²) in [6.45, 7) is 14.8. The molecule has 2 unspecified atom stereocenters. The van der Waals surface area contributed by atoms with Crippen LogP contribution in [0.2, 0.25) is 0 Å². The fraction of sp³-hybridized carbons (Fsp3) is 0.667. The third kappa shape index (κ3) is 21.0. The Morgan fingerprint density at radius 1 is 0.468 bits per heavy atom. The molecule has 6 heterocycles. The van der Waals surface area contributed by atoms with Gasteiger partial charge in [0.1, 0.15) is 22.9 Å². The van der Waals surface area contributed by atoms with Gasteiger partial charge in [0.2, 0.25) is 0 Å². The molecule has 1 radical (unpaired) electrons. The van der Waals surface area contributed by atoms with Gasteiger partial charge in [-0.05, 0) is 143 Å². The van der Waals surface area contributed by atoms with Crippen molar-refractivity contribution in [1.82, 2.24) is 9.80 Å². The molecule has 79 heavy (non-hydrogen) atoms. The van der Waals surface area contributed by atoms with Gasteiger partial charge in [0, 0.05) is 13.1 Å². The first-order valence-electron chi connectivity index (χ1n) is 31.5. The number of thiophene rings is 2. The molecule has 0 aliphatic carbocycles. The van der Waals surface area contributed by atoms with Crippen LogP contribution in [-0.2, 0) is 22.4 Å². The molecule has 13 heteroatoms. The zero-order valence-electron chi connectivity index (χ0n) is 49.6. The molecule has 4 aromatic heterocycles. The topological polar surface area (TPSA) is 79.3 Å². The van der Waals surface area contributed by atoms with Gasteiger partial charge in [-0.3, -0.25) is 9.59 Å². The van der Waals surface area contributed by atoms with Crippen LogP contribution in [0.4, 0.5) is 0 Å². The molecule has 2 aliphatic rings. The van der Waals surface area contributed by atoms with E-state index < -0.39 is 0 Å². The average Bonchev–Trinajstić information content (AvgIpc) is 4.39. The van der Waals surface area contributed by atoms with E-state index in [2.05, 4.69) is 122 Å². The van der Waals surface area contributed by atoms with Crippen LogP contribution >= 0.6 is 67.3 Å². The van der Waals surface area contributed by atoms with Gasteiger partial charge in [0.25, 0.3) is 11.8 Å². The summed E-state index contributed by atoms with van der Waals surface area (Å²) in [6.07, 6.45) is 40.5. The molecule has 0 spiro atoms. The monoisotopic (exact) mass is 1260 g/mol. The maximum atomic E-state index is 15.9. The number of hydrogen-bond donors (Lipinski definition) is 1. The fourth-order valence-electron chi connectivity index (χ4n) is 11.6. The number of aryl methyl sites for hydroxylation is 2. The van der Waals surface area contributed by atoms with Gasteiger partial charge in [-0.2, -0.15) is 0 Å². The molecule has 7 nitrogen and oxygen atoms in total. The van der Waals surface area contributed by atoms with Gasteiger partial charge in [-0.15, -0.1) is 22.7 Å². The Balaban J connectivity index is 0.00000374. The molecule has 0 saturated heterocycles. The Morgan fingerprint density at radius 3 is 1.08 bits per heavy atom. The van der Waals surface area contributed by atoms with Gasteiger partial charge in [-0.25, -0.2) is 0 Å². The zero-order chi connectivity index (χ0) is 56.8. The summed E-state index contributed by atoms with van der Waals surface area (Å²) in [4.78, 5) is 38.0. The van der Waals surface area contributed by atoms with Gasteiger partial charge in [0.05, 0.1) is 28.5 Å². The molecule has 2 atom stereocenters. The summed E-state index contributed by atoms with van der Waals surface area (Å²) >= 11 is 14.4. The van der Waals surface area contributed by atoms with Crippen LogP contribution in [-0.4, -0.2) is 42.3 Å². The van der Waals surface area contributed by atoms with Crippen molar-refractivity contribution >= 4 is 98.2 Å². The van der Waals surface area contributed by atoms with E-state index in [1.807, 2.05) is 21.9 Å². The standard InChI is InChI=1S/C66H98Br2N2O4S2.BHNS/c1-7-13-19-25-27-31-37-49(35-29-21-15-9-3)47-69-61(55-43-41-53(73-55)57-45-51(63(67)75-57)39-33-23-17-11-5)59-60(65(69)71)62(56-44-42-54(74-56)58-46-52(64(68)76-58)40-34-24-18-12-6)70(66(59)72)48-50(36-30-22-16-10-4)38-32-28-26-20-14-8-2;1-2-3/h41-46,49-50H,7-40,47-48H2,1-6H3;3H. The minimum absolute atomic E-state index is 0.0925. The van der Waals surface area contributed by atoms with Crippen LogP contribution in [0.5, 0.6) is 0 Å². The van der Waals surface area contributed by atoms with Crippen molar-refractivity contribution in [3.8, 4) is 21.3 Å². The maximum absolute atomic E-state index is 15.9. The molecule has 0 N–H and O–H groups in total. The van der Waals surface area contributed by atoms with E-state index in [4.69, 9.17) is 8.83 Å². The number of amides is 2. The second kappa shape index (κ2) is 38.4. The number of halogens is 2. The van der Waals surface area contributed by atoms with E-state index in [9.17, 15) is 0 Å². The third-order valence-electron chi connectivity index (χ3n) is 16.2. The predicted molar refractivity (Wildman–Crippen MR) is 350 cm³/mol. The predicted octanol–water partition coefficient (Wildman–Crippen LogP) is 22.8. The van der Waals surface area contributed by atoms with Crippen molar-refractivity contribution in [1.29, 1.82) is 0 Å². The van der Waals surface area contributed by atoms with Crippen LogP contribution in [0.1, 0.15) is 270 Å². The molecule has 4 aromatic rings. The second-order valence-electron chi connectivity index (χ2n) is 22.7. The number of carbonyl (C=O) groups excluding carboxylic acids is 2. The summed E-state index contributed by atoms with van der Waals surface area (Å²) in [5, 5.41) is 0. The normalized spacial score (nSPS) is 14.3. The molecule has 2 aliphatic heterocycles.